The second-order valence-electron chi connectivity index (χ2n) is 4.50. The summed E-state index contributed by atoms with van der Waals surface area (Å²) in [7, 11) is 0. The number of nitrogens with zero attached hydrogens (tertiary/aromatic N) is 1. The third-order valence-electron chi connectivity index (χ3n) is 3.05. The zero-order chi connectivity index (χ0) is 14.5. The first-order chi connectivity index (χ1) is 9.61. The number of carbonyl (C=O) groups excluding carboxylic acids is 1. The number of fused-ring (bicyclic) bond motifs is 1. The second-order valence-corrected chi connectivity index (χ2v) is 4.50. The van der Waals surface area contributed by atoms with Crippen molar-refractivity contribution >= 4 is 16.7 Å². The summed E-state index contributed by atoms with van der Waals surface area (Å²) in [6.45, 7) is 1.95. The maximum absolute atomic E-state index is 11.3. The van der Waals surface area contributed by atoms with E-state index in [0.29, 0.717) is 5.56 Å². The molecule has 1 heterocycles. The first-order valence-electron chi connectivity index (χ1n) is 6.47. The van der Waals surface area contributed by atoms with Crippen molar-refractivity contribution in [3.05, 3.63) is 42.2 Å². The van der Waals surface area contributed by atoms with Crippen LogP contribution in [0.25, 0.3) is 10.8 Å². The van der Waals surface area contributed by atoms with Crippen molar-refractivity contribution in [1.29, 1.82) is 0 Å². The Hall–Kier alpha value is -1.98. The van der Waals surface area contributed by atoms with Crippen LogP contribution in [0.5, 0.6) is 0 Å². The maximum atomic E-state index is 11.3. The molecule has 0 aliphatic carbocycles. The van der Waals surface area contributed by atoms with Crippen molar-refractivity contribution in [2.45, 2.75) is 25.6 Å². The van der Waals surface area contributed by atoms with E-state index in [9.17, 15) is 15.0 Å². The third-order valence-corrected chi connectivity index (χ3v) is 3.05. The van der Waals surface area contributed by atoms with Crippen LogP contribution in [-0.2, 0) is 9.53 Å². The maximum Gasteiger partial charge on any atom is 0.308 e. The van der Waals surface area contributed by atoms with E-state index >= 15 is 0 Å². The molecule has 106 valence electrons. The molecule has 5 heteroatoms. The highest BCUT2D eigenvalue weighted by molar-refractivity contribution is 5.82. The zero-order valence-electron chi connectivity index (χ0n) is 11.2. The Morgan fingerprint density at radius 2 is 2.10 bits per heavy atom. The molecule has 2 N–H and O–H groups in total. The van der Waals surface area contributed by atoms with Gasteiger partial charge in [0, 0.05) is 17.8 Å². The smallest absolute Gasteiger partial charge is 0.308 e. The molecule has 0 amide bonds. The van der Waals surface area contributed by atoms with E-state index in [1.165, 1.54) is 0 Å². The van der Waals surface area contributed by atoms with E-state index in [1.807, 2.05) is 12.1 Å². The summed E-state index contributed by atoms with van der Waals surface area (Å²) < 4.78 is 4.75. The van der Waals surface area contributed by atoms with Crippen LogP contribution >= 0.6 is 0 Å². The highest BCUT2D eigenvalue weighted by Crippen LogP contribution is 2.23. The zero-order valence-corrected chi connectivity index (χ0v) is 11.2. The molecule has 2 rings (SSSR count). The van der Waals surface area contributed by atoms with Gasteiger partial charge in [0.15, 0.2) is 0 Å². The van der Waals surface area contributed by atoms with Crippen LogP contribution in [0, 0.1) is 0 Å². The van der Waals surface area contributed by atoms with E-state index in [1.54, 1.807) is 31.5 Å². The van der Waals surface area contributed by atoms with Gasteiger partial charge < -0.3 is 14.9 Å². The average Bonchev–Trinajstić information content (AvgIpc) is 2.46. The Labute approximate surface area is 116 Å². The van der Waals surface area contributed by atoms with Crippen LogP contribution in [0.15, 0.2) is 36.7 Å². The fourth-order valence-corrected chi connectivity index (χ4v) is 2.01. The lowest BCUT2D eigenvalue weighted by Crippen LogP contribution is -2.23. The molecule has 0 saturated carbocycles. The highest BCUT2D eigenvalue weighted by Gasteiger charge is 2.22. The van der Waals surface area contributed by atoms with Gasteiger partial charge in [-0.15, -0.1) is 0 Å². The van der Waals surface area contributed by atoms with Crippen LogP contribution in [0.1, 0.15) is 25.0 Å². The van der Waals surface area contributed by atoms with E-state index in [4.69, 9.17) is 4.74 Å². The van der Waals surface area contributed by atoms with Crippen molar-refractivity contribution in [2.75, 3.05) is 6.61 Å². The topological polar surface area (TPSA) is 79.7 Å². The van der Waals surface area contributed by atoms with E-state index < -0.39 is 18.2 Å². The number of rotatable bonds is 5. The van der Waals surface area contributed by atoms with Gasteiger partial charge in [-0.2, -0.15) is 0 Å². The second kappa shape index (κ2) is 6.45. The first-order valence-corrected chi connectivity index (χ1v) is 6.47. The molecule has 0 spiro atoms. The average molecular weight is 275 g/mol. The summed E-state index contributed by atoms with van der Waals surface area (Å²) >= 11 is 0. The van der Waals surface area contributed by atoms with Gasteiger partial charge >= 0.3 is 5.97 Å². The summed E-state index contributed by atoms with van der Waals surface area (Å²) in [6, 6.07) is 7.13. The number of carbonyl (C=O) groups is 1. The monoisotopic (exact) mass is 275 g/mol. The van der Waals surface area contributed by atoms with Gasteiger partial charge in [-0.25, -0.2) is 0 Å². The minimum atomic E-state index is -1.19. The summed E-state index contributed by atoms with van der Waals surface area (Å²) in [4.78, 5) is 15.3. The Bertz CT molecular complexity index is 599. The molecule has 1 aromatic carbocycles. The van der Waals surface area contributed by atoms with Gasteiger partial charge in [0.2, 0.25) is 0 Å². The first kappa shape index (κ1) is 14.4. The van der Waals surface area contributed by atoms with E-state index in [0.717, 1.165) is 10.8 Å². The Kier molecular flexibility index (Phi) is 4.65. The predicted molar refractivity (Wildman–Crippen MR) is 74.0 cm³/mol. The number of aliphatic hydroxyl groups is 2. The SMILES string of the molecule is CCOC(=O)CC(O)C(O)c1ccc2cnccc2c1. The van der Waals surface area contributed by atoms with Gasteiger partial charge in [-0.3, -0.25) is 9.78 Å². The van der Waals surface area contributed by atoms with Gasteiger partial charge in [0.05, 0.1) is 19.1 Å². The molecule has 2 aromatic rings. The van der Waals surface area contributed by atoms with Crippen molar-refractivity contribution in [1.82, 2.24) is 4.98 Å². The normalized spacial score (nSPS) is 13.9. The van der Waals surface area contributed by atoms with Gasteiger partial charge in [0.25, 0.3) is 0 Å². The third kappa shape index (κ3) is 3.31. The molecule has 0 radical (unpaired) electrons. The number of ether oxygens (including phenoxy) is 1. The molecule has 5 nitrogen and oxygen atoms in total. The predicted octanol–water partition coefficient (Wildman–Crippen LogP) is 1.58. The molecular weight excluding hydrogens is 258 g/mol. The lowest BCUT2D eigenvalue weighted by molar-refractivity contribution is -0.147. The highest BCUT2D eigenvalue weighted by atomic mass is 16.5. The summed E-state index contributed by atoms with van der Waals surface area (Å²) in [5, 5.41) is 21.8. The van der Waals surface area contributed by atoms with Crippen LogP contribution < -0.4 is 0 Å². The number of benzene rings is 1. The van der Waals surface area contributed by atoms with Gasteiger partial charge in [-0.05, 0) is 30.0 Å². The minimum Gasteiger partial charge on any atom is -0.466 e. The lowest BCUT2D eigenvalue weighted by Gasteiger charge is -2.17. The molecular formula is C15H17NO4. The summed E-state index contributed by atoms with van der Waals surface area (Å²) in [5.74, 6) is -0.524. The van der Waals surface area contributed by atoms with Crippen LogP contribution in [-0.4, -0.2) is 33.9 Å². The van der Waals surface area contributed by atoms with E-state index in [2.05, 4.69) is 4.98 Å². The largest absolute Gasteiger partial charge is 0.466 e. The molecule has 0 aliphatic heterocycles. The standard InChI is InChI=1S/C15H17NO4/c1-2-20-14(18)8-13(17)15(19)11-3-4-12-9-16-6-5-10(12)7-11/h3-7,9,13,15,17,19H,2,8H2,1H3. The molecule has 0 saturated heterocycles. The van der Waals surface area contributed by atoms with Crippen molar-refractivity contribution in [3.8, 4) is 0 Å². The Balaban J connectivity index is 2.13. The van der Waals surface area contributed by atoms with Crippen molar-refractivity contribution < 1.29 is 19.7 Å². The molecule has 0 bridgehead atoms. The minimum absolute atomic E-state index is 0.233. The van der Waals surface area contributed by atoms with Crippen LogP contribution in [0.3, 0.4) is 0 Å². The van der Waals surface area contributed by atoms with Crippen molar-refractivity contribution in [2.24, 2.45) is 0 Å². The number of pyridine rings is 1. The fraction of sp³-hybridized carbons (Fsp3) is 0.333. The number of aromatic nitrogens is 1. The molecule has 0 fully saturated rings. The summed E-state index contributed by atoms with van der Waals surface area (Å²) in [5.41, 5.74) is 0.556. The van der Waals surface area contributed by atoms with Gasteiger partial charge in [0.1, 0.15) is 6.10 Å². The van der Waals surface area contributed by atoms with Crippen LogP contribution in [0.2, 0.25) is 0 Å². The van der Waals surface area contributed by atoms with Gasteiger partial charge in [-0.1, -0.05) is 12.1 Å². The quantitative estimate of drug-likeness (QED) is 0.810. The molecule has 1 aromatic heterocycles. The molecule has 0 aliphatic rings. The Morgan fingerprint density at radius 3 is 2.85 bits per heavy atom. The summed E-state index contributed by atoms with van der Waals surface area (Å²) in [6.07, 6.45) is 0.836. The molecule has 20 heavy (non-hydrogen) atoms. The number of esters is 1. The molecule has 2 atom stereocenters. The molecule has 2 unspecified atom stereocenters. The van der Waals surface area contributed by atoms with E-state index in [-0.39, 0.29) is 13.0 Å². The lowest BCUT2D eigenvalue weighted by atomic mass is 9.99. The fourth-order valence-electron chi connectivity index (χ4n) is 2.01. The number of hydrogen-bond donors (Lipinski definition) is 2. The Morgan fingerprint density at radius 1 is 1.30 bits per heavy atom. The van der Waals surface area contributed by atoms with Crippen LogP contribution in [0.4, 0.5) is 0 Å². The number of hydrogen-bond acceptors (Lipinski definition) is 5. The van der Waals surface area contributed by atoms with Crippen molar-refractivity contribution in [3.63, 3.8) is 0 Å². The number of aliphatic hydroxyl groups excluding tert-OH is 2.